The topological polar surface area (TPSA) is 64.1 Å². The summed E-state index contributed by atoms with van der Waals surface area (Å²) in [5.41, 5.74) is 0. The van der Waals surface area contributed by atoms with Crippen molar-refractivity contribution in [1.82, 2.24) is 10.6 Å². The van der Waals surface area contributed by atoms with E-state index in [-0.39, 0.29) is 29.8 Å². The van der Waals surface area contributed by atoms with Crippen LogP contribution in [-0.4, -0.2) is 59.1 Å². The third kappa shape index (κ3) is 10.7. The highest BCUT2D eigenvalue weighted by atomic mass is 127. The van der Waals surface area contributed by atoms with Crippen LogP contribution in [0, 0.1) is 11.7 Å². The molecule has 1 aromatic carbocycles. The van der Waals surface area contributed by atoms with Gasteiger partial charge in [0.05, 0.1) is 6.54 Å². The lowest BCUT2D eigenvalue weighted by Gasteiger charge is -2.21. The number of nitrogens with zero attached hydrogens (tertiary/aromatic N) is 1. The van der Waals surface area contributed by atoms with E-state index in [1.165, 1.54) is 12.1 Å². The molecular formula is C19H31FIN3O3. The Hall–Kier alpha value is -1.13. The second-order valence-corrected chi connectivity index (χ2v) is 6.22. The van der Waals surface area contributed by atoms with Crippen LogP contribution in [0.3, 0.4) is 0 Å². The van der Waals surface area contributed by atoms with Crippen molar-refractivity contribution >= 4 is 29.9 Å². The predicted octanol–water partition coefficient (Wildman–Crippen LogP) is 2.82. The summed E-state index contributed by atoms with van der Waals surface area (Å²) in [4.78, 5) is 4.16. The van der Waals surface area contributed by atoms with E-state index in [1.54, 1.807) is 19.2 Å². The van der Waals surface area contributed by atoms with Crippen molar-refractivity contribution in [3.8, 4) is 5.75 Å². The molecule has 2 N–H and O–H groups in total. The van der Waals surface area contributed by atoms with Crippen LogP contribution in [0.15, 0.2) is 29.3 Å². The minimum Gasteiger partial charge on any atom is -0.492 e. The first-order valence-corrected chi connectivity index (χ1v) is 9.26. The van der Waals surface area contributed by atoms with Gasteiger partial charge in [-0.3, -0.25) is 4.99 Å². The van der Waals surface area contributed by atoms with Crippen molar-refractivity contribution in [2.75, 3.05) is 53.2 Å². The third-order valence-electron chi connectivity index (χ3n) is 4.14. The lowest BCUT2D eigenvalue weighted by atomic mass is 10.0. The Bertz CT molecular complexity index is 543. The van der Waals surface area contributed by atoms with Crippen LogP contribution in [0.4, 0.5) is 4.39 Å². The molecule has 0 aromatic heterocycles. The van der Waals surface area contributed by atoms with Gasteiger partial charge in [0, 0.05) is 46.1 Å². The average Bonchev–Trinajstić information content (AvgIpc) is 2.67. The fourth-order valence-electron chi connectivity index (χ4n) is 2.66. The molecule has 2 rings (SSSR count). The highest BCUT2D eigenvalue weighted by Gasteiger charge is 2.13. The molecule has 1 saturated heterocycles. The van der Waals surface area contributed by atoms with Gasteiger partial charge in [0.15, 0.2) is 5.96 Å². The maximum Gasteiger partial charge on any atom is 0.191 e. The Morgan fingerprint density at radius 3 is 2.74 bits per heavy atom. The van der Waals surface area contributed by atoms with Crippen LogP contribution in [-0.2, 0) is 9.47 Å². The van der Waals surface area contributed by atoms with Gasteiger partial charge in [0.25, 0.3) is 0 Å². The Labute approximate surface area is 178 Å². The van der Waals surface area contributed by atoms with E-state index in [0.717, 1.165) is 58.2 Å². The Kier molecular flexibility index (Phi) is 13.2. The summed E-state index contributed by atoms with van der Waals surface area (Å²) >= 11 is 0. The molecule has 8 heteroatoms. The Morgan fingerprint density at radius 2 is 2.00 bits per heavy atom. The maximum absolute atomic E-state index is 13.1. The Morgan fingerprint density at radius 1 is 1.22 bits per heavy atom. The van der Waals surface area contributed by atoms with Gasteiger partial charge in [-0.15, -0.1) is 24.0 Å². The summed E-state index contributed by atoms with van der Waals surface area (Å²) in [6.07, 6.45) is 3.13. The smallest absolute Gasteiger partial charge is 0.191 e. The minimum atomic E-state index is -0.299. The molecule has 0 aliphatic carbocycles. The second-order valence-electron chi connectivity index (χ2n) is 6.22. The fourth-order valence-corrected chi connectivity index (χ4v) is 2.66. The van der Waals surface area contributed by atoms with Gasteiger partial charge in [-0.25, -0.2) is 4.39 Å². The number of ether oxygens (including phenoxy) is 3. The third-order valence-corrected chi connectivity index (χ3v) is 4.14. The van der Waals surface area contributed by atoms with Gasteiger partial charge in [-0.05, 0) is 37.3 Å². The second kappa shape index (κ2) is 14.9. The average molecular weight is 495 g/mol. The number of nitrogens with one attached hydrogen (secondary N) is 2. The molecule has 0 unspecified atom stereocenters. The molecule has 1 fully saturated rings. The van der Waals surface area contributed by atoms with Crippen molar-refractivity contribution in [3.63, 3.8) is 0 Å². The number of hydrogen-bond donors (Lipinski definition) is 2. The molecule has 0 bridgehead atoms. The molecule has 0 radical (unpaired) electrons. The van der Waals surface area contributed by atoms with Gasteiger partial charge < -0.3 is 24.8 Å². The van der Waals surface area contributed by atoms with Crippen molar-refractivity contribution < 1.29 is 18.6 Å². The molecule has 154 valence electrons. The van der Waals surface area contributed by atoms with Crippen molar-refractivity contribution in [1.29, 1.82) is 0 Å². The summed E-state index contributed by atoms with van der Waals surface area (Å²) in [7, 11) is 1.73. The van der Waals surface area contributed by atoms with Crippen molar-refractivity contribution in [2.24, 2.45) is 10.9 Å². The van der Waals surface area contributed by atoms with Crippen LogP contribution < -0.4 is 15.4 Å². The summed E-state index contributed by atoms with van der Waals surface area (Å²) in [5, 5.41) is 6.40. The monoisotopic (exact) mass is 495 g/mol. The Balaban J connectivity index is 0.00000364. The van der Waals surface area contributed by atoms with Crippen LogP contribution in [0.1, 0.15) is 19.3 Å². The molecule has 0 atom stereocenters. The van der Waals surface area contributed by atoms with Crippen LogP contribution in [0.5, 0.6) is 5.75 Å². The van der Waals surface area contributed by atoms with E-state index in [9.17, 15) is 4.39 Å². The zero-order valence-electron chi connectivity index (χ0n) is 15.9. The lowest BCUT2D eigenvalue weighted by molar-refractivity contribution is 0.0203. The SMILES string of the molecule is CN=C(NCCCOCC1CCOCC1)NCCOc1cccc(F)c1.I. The fraction of sp³-hybridized carbons (Fsp3) is 0.632. The number of benzene rings is 1. The van der Waals surface area contributed by atoms with Gasteiger partial charge in [0.1, 0.15) is 18.2 Å². The van der Waals surface area contributed by atoms with Gasteiger partial charge in [0.2, 0.25) is 0 Å². The first-order chi connectivity index (χ1) is 12.8. The summed E-state index contributed by atoms with van der Waals surface area (Å²) < 4.78 is 29.6. The van der Waals surface area contributed by atoms with Gasteiger partial charge in [-0.1, -0.05) is 6.07 Å². The van der Waals surface area contributed by atoms with Crippen molar-refractivity contribution in [2.45, 2.75) is 19.3 Å². The quantitative estimate of drug-likeness (QED) is 0.226. The van der Waals surface area contributed by atoms with Crippen LogP contribution in [0.25, 0.3) is 0 Å². The van der Waals surface area contributed by atoms with E-state index in [4.69, 9.17) is 14.2 Å². The molecule has 1 heterocycles. The molecule has 1 aliphatic heterocycles. The molecule has 0 amide bonds. The highest BCUT2D eigenvalue weighted by molar-refractivity contribution is 14.0. The first-order valence-electron chi connectivity index (χ1n) is 9.26. The molecule has 0 spiro atoms. The van der Waals surface area contributed by atoms with Gasteiger partial charge in [-0.2, -0.15) is 0 Å². The number of guanidine groups is 1. The van der Waals surface area contributed by atoms with E-state index >= 15 is 0 Å². The molecule has 1 aliphatic rings. The minimum absolute atomic E-state index is 0. The predicted molar refractivity (Wildman–Crippen MR) is 116 cm³/mol. The van der Waals surface area contributed by atoms with E-state index < -0.39 is 0 Å². The van der Waals surface area contributed by atoms with Crippen LogP contribution >= 0.6 is 24.0 Å². The standard InChI is InChI=1S/C19H30FN3O3.HI/c1-21-19(23-9-13-26-18-5-2-4-17(20)14-18)22-8-3-10-25-15-16-6-11-24-12-7-16;/h2,4-5,14,16H,3,6-13,15H2,1H3,(H2,21,22,23);1H. The summed E-state index contributed by atoms with van der Waals surface area (Å²) in [5.74, 6) is 1.59. The number of rotatable bonds is 10. The maximum atomic E-state index is 13.1. The zero-order valence-corrected chi connectivity index (χ0v) is 18.2. The van der Waals surface area contributed by atoms with E-state index in [2.05, 4.69) is 15.6 Å². The van der Waals surface area contributed by atoms with E-state index in [0.29, 0.717) is 24.8 Å². The summed E-state index contributed by atoms with van der Waals surface area (Å²) in [6, 6.07) is 6.12. The normalized spacial score (nSPS) is 15.1. The number of hydrogen-bond acceptors (Lipinski definition) is 4. The molecule has 6 nitrogen and oxygen atoms in total. The first kappa shape index (κ1) is 23.9. The number of halogens is 2. The summed E-state index contributed by atoms with van der Waals surface area (Å²) in [6.45, 7) is 5.09. The zero-order chi connectivity index (χ0) is 18.5. The molecule has 27 heavy (non-hydrogen) atoms. The van der Waals surface area contributed by atoms with Crippen molar-refractivity contribution in [3.05, 3.63) is 30.1 Å². The molecule has 0 saturated carbocycles. The molecular weight excluding hydrogens is 464 g/mol. The highest BCUT2D eigenvalue weighted by Crippen LogP contribution is 2.14. The van der Waals surface area contributed by atoms with Crippen LogP contribution in [0.2, 0.25) is 0 Å². The molecule has 1 aromatic rings. The van der Waals surface area contributed by atoms with Gasteiger partial charge >= 0.3 is 0 Å². The lowest BCUT2D eigenvalue weighted by Crippen LogP contribution is -2.39. The largest absolute Gasteiger partial charge is 0.492 e. The number of aliphatic imine (C=N–C) groups is 1. The van der Waals surface area contributed by atoms with E-state index in [1.807, 2.05) is 0 Å².